The first kappa shape index (κ1) is 20.2. The summed E-state index contributed by atoms with van der Waals surface area (Å²) in [6.07, 6.45) is 9.48. The zero-order chi connectivity index (χ0) is 20.3. The van der Waals surface area contributed by atoms with Crippen LogP contribution < -0.4 is 0 Å². The number of fused-ring (bicyclic) bond motifs is 1. The Bertz CT molecular complexity index is 914. The van der Waals surface area contributed by atoms with Gasteiger partial charge in [-0.15, -0.1) is 0 Å². The Morgan fingerprint density at radius 1 is 1.00 bits per heavy atom. The standard InChI is InChI=1S/C27H35N2/c1-4-5-13-24-23-14-9-10-15-25(23)28-26(24)22-16-18-27(19-17-22,29(2)3)20-21-11-7-6-8-12-21/h6-12,14-15,22,28H,1,4-5,13,16-20H2,2-3H3. The molecule has 4 rings (SSSR count). The Morgan fingerprint density at radius 2 is 1.69 bits per heavy atom. The van der Waals surface area contributed by atoms with Gasteiger partial charge >= 0.3 is 0 Å². The second-order valence-corrected chi connectivity index (χ2v) is 9.08. The van der Waals surface area contributed by atoms with E-state index in [9.17, 15) is 0 Å². The molecule has 153 valence electrons. The lowest BCUT2D eigenvalue weighted by Gasteiger charge is -2.45. The third-order valence-electron chi connectivity index (χ3n) is 7.17. The molecule has 1 fully saturated rings. The molecule has 0 amide bonds. The summed E-state index contributed by atoms with van der Waals surface area (Å²) in [7, 11) is 4.54. The van der Waals surface area contributed by atoms with Crippen LogP contribution >= 0.6 is 0 Å². The van der Waals surface area contributed by atoms with E-state index in [4.69, 9.17) is 0 Å². The fourth-order valence-corrected chi connectivity index (χ4v) is 5.34. The zero-order valence-corrected chi connectivity index (χ0v) is 18.1. The van der Waals surface area contributed by atoms with Gasteiger partial charge in [-0.2, -0.15) is 0 Å². The zero-order valence-electron chi connectivity index (χ0n) is 18.1. The Balaban J connectivity index is 1.57. The first-order valence-corrected chi connectivity index (χ1v) is 11.2. The molecule has 2 aromatic carbocycles. The van der Waals surface area contributed by atoms with E-state index < -0.39 is 0 Å². The molecule has 0 unspecified atom stereocenters. The second-order valence-electron chi connectivity index (χ2n) is 9.08. The van der Waals surface area contributed by atoms with Crippen LogP contribution in [0.1, 0.15) is 61.3 Å². The minimum atomic E-state index is 0.275. The van der Waals surface area contributed by atoms with Crippen LogP contribution in [0, 0.1) is 6.92 Å². The summed E-state index contributed by atoms with van der Waals surface area (Å²) in [5.74, 6) is 0.645. The maximum Gasteiger partial charge on any atom is 0.0459 e. The average Bonchev–Trinajstić information content (AvgIpc) is 3.12. The first-order chi connectivity index (χ1) is 14.1. The van der Waals surface area contributed by atoms with Gasteiger partial charge in [0.15, 0.2) is 0 Å². The Morgan fingerprint density at radius 3 is 2.38 bits per heavy atom. The highest BCUT2D eigenvalue weighted by atomic mass is 15.1. The van der Waals surface area contributed by atoms with Gasteiger partial charge < -0.3 is 9.88 Å². The number of hydrogen-bond acceptors (Lipinski definition) is 1. The fraction of sp³-hybridized carbons (Fsp3) is 0.444. The number of para-hydroxylation sites is 1. The summed E-state index contributed by atoms with van der Waals surface area (Å²) in [4.78, 5) is 6.31. The summed E-state index contributed by atoms with van der Waals surface area (Å²) in [6, 6.07) is 19.9. The monoisotopic (exact) mass is 387 g/mol. The van der Waals surface area contributed by atoms with Crippen molar-refractivity contribution in [1.29, 1.82) is 0 Å². The maximum atomic E-state index is 4.07. The fourth-order valence-electron chi connectivity index (χ4n) is 5.34. The normalized spacial score (nSPS) is 22.4. The predicted molar refractivity (Wildman–Crippen MR) is 124 cm³/mol. The van der Waals surface area contributed by atoms with E-state index in [1.807, 2.05) is 0 Å². The lowest BCUT2D eigenvalue weighted by molar-refractivity contribution is 0.0920. The Hall–Kier alpha value is -2.06. The number of benzene rings is 2. The number of unbranched alkanes of at least 4 members (excludes halogenated alkanes) is 1. The van der Waals surface area contributed by atoms with Crippen molar-refractivity contribution in [3.8, 4) is 0 Å². The second kappa shape index (κ2) is 8.75. The molecule has 0 bridgehead atoms. The van der Waals surface area contributed by atoms with E-state index in [0.717, 1.165) is 25.7 Å². The molecule has 1 aromatic heterocycles. The topological polar surface area (TPSA) is 19.0 Å². The number of aryl methyl sites for hydroxylation is 1. The summed E-state index contributed by atoms with van der Waals surface area (Å²) >= 11 is 0. The van der Waals surface area contributed by atoms with Gasteiger partial charge in [0.25, 0.3) is 0 Å². The highest BCUT2D eigenvalue weighted by Crippen LogP contribution is 2.44. The van der Waals surface area contributed by atoms with Crippen LogP contribution in [-0.2, 0) is 12.8 Å². The van der Waals surface area contributed by atoms with E-state index in [-0.39, 0.29) is 5.54 Å². The molecule has 1 radical (unpaired) electrons. The van der Waals surface area contributed by atoms with Crippen molar-refractivity contribution >= 4 is 10.9 Å². The molecule has 0 saturated heterocycles. The summed E-state index contributed by atoms with van der Waals surface area (Å²) < 4.78 is 0. The number of nitrogens with one attached hydrogen (secondary N) is 1. The SMILES string of the molecule is [CH2]CCCc1c(C2CCC(Cc3ccccc3)(N(C)C)CC2)[nH]c2ccccc12. The van der Waals surface area contributed by atoms with Crippen molar-refractivity contribution < 1.29 is 0 Å². The highest BCUT2D eigenvalue weighted by Gasteiger charge is 2.38. The molecule has 1 heterocycles. The third kappa shape index (κ3) is 4.14. The van der Waals surface area contributed by atoms with Crippen molar-refractivity contribution in [2.75, 3.05) is 14.1 Å². The number of aromatic amines is 1. The highest BCUT2D eigenvalue weighted by molar-refractivity contribution is 5.84. The molecule has 1 saturated carbocycles. The number of likely N-dealkylation sites (N-methyl/N-ethyl adjacent to an activating group) is 1. The molecule has 0 aliphatic heterocycles. The van der Waals surface area contributed by atoms with Crippen molar-refractivity contribution in [3.05, 3.63) is 78.3 Å². The van der Waals surface area contributed by atoms with Gasteiger partial charge in [0, 0.05) is 22.1 Å². The van der Waals surface area contributed by atoms with Crippen molar-refractivity contribution in [1.82, 2.24) is 9.88 Å². The lowest BCUT2D eigenvalue weighted by atomic mass is 9.71. The van der Waals surface area contributed by atoms with Crippen LogP contribution in [0.15, 0.2) is 54.6 Å². The number of H-pyrrole nitrogens is 1. The molecule has 2 nitrogen and oxygen atoms in total. The van der Waals surface area contributed by atoms with E-state index in [1.54, 1.807) is 5.56 Å². The van der Waals surface area contributed by atoms with Crippen molar-refractivity contribution in [2.45, 2.75) is 62.8 Å². The van der Waals surface area contributed by atoms with Crippen LogP contribution in [0.3, 0.4) is 0 Å². The first-order valence-electron chi connectivity index (χ1n) is 11.2. The molecule has 29 heavy (non-hydrogen) atoms. The quantitative estimate of drug-likeness (QED) is 0.488. The minimum Gasteiger partial charge on any atom is -0.358 e. The van der Waals surface area contributed by atoms with E-state index in [2.05, 4.69) is 85.5 Å². The van der Waals surface area contributed by atoms with Crippen LogP contribution in [0.25, 0.3) is 10.9 Å². The van der Waals surface area contributed by atoms with Crippen LogP contribution in [0.4, 0.5) is 0 Å². The molecule has 0 atom stereocenters. The van der Waals surface area contributed by atoms with Crippen LogP contribution in [0.2, 0.25) is 0 Å². The molecule has 1 N–H and O–H groups in total. The molecule has 3 aromatic rings. The van der Waals surface area contributed by atoms with Gasteiger partial charge in [0.2, 0.25) is 0 Å². The average molecular weight is 388 g/mol. The van der Waals surface area contributed by atoms with Gasteiger partial charge in [-0.25, -0.2) is 0 Å². The molecule has 1 aliphatic carbocycles. The number of rotatable bonds is 7. The van der Waals surface area contributed by atoms with E-state index >= 15 is 0 Å². The Kier molecular flexibility index (Phi) is 6.10. The van der Waals surface area contributed by atoms with E-state index in [0.29, 0.717) is 5.92 Å². The largest absolute Gasteiger partial charge is 0.358 e. The van der Waals surface area contributed by atoms with Gasteiger partial charge in [-0.1, -0.05) is 61.9 Å². The molecular weight excluding hydrogens is 352 g/mol. The van der Waals surface area contributed by atoms with Crippen LogP contribution in [0.5, 0.6) is 0 Å². The van der Waals surface area contributed by atoms with E-state index in [1.165, 1.54) is 47.8 Å². The van der Waals surface area contributed by atoms with Gasteiger partial charge in [0.1, 0.15) is 0 Å². The van der Waals surface area contributed by atoms with Crippen molar-refractivity contribution in [3.63, 3.8) is 0 Å². The van der Waals surface area contributed by atoms with Crippen molar-refractivity contribution in [2.24, 2.45) is 0 Å². The lowest BCUT2D eigenvalue weighted by Crippen LogP contribution is -2.48. The van der Waals surface area contributed by atoms with Gasteiger partial charge in [-0.05, 0) is 82.2 Å². The minimum absolute atomic E-state index is 0.275. The number of nitrogens with zero attached hydrogens (tertiary/aromatic N) is 1. The summed E-state index contributed by atoms with van der Waals surface area (Å²) in [6.45, 7) is 4.07. The van der Waals surface area contributed by atoms with Gasteiger partial charge in [-0.3, -0.25) is 0 Å². The smallest absolute Gasteiger partial charge is 0.0459 e. The number of hydrogen-bond donors (Lipinski definition) is 1. The Labute approximate surface area is 176 Å². The molecular formula is C27H35N2. The summed E-state index contributed by atoms with van der Waals surface area (Å²) in [5.41, 5.74) is 6.09. The molecule has 0 spiro atoms. The van der Waals surface area contributed by atoms with Gasteiger partial charge in [0.05, 0.1) is 0 Å². The van der Waals surface area contributed by atoms with Crippen LogP contribution in [-0.4, -0.2) is 29.5 Å². The predicted octanol–water partition coefficient (Wildman–Crippen LogP) is 6.53. The third-order valence-corrected chi connectivity index (χ3v) is 7.17. The molecule has 1 aliphatic rings. The molecule has 2 heteroatoms. The maximum absolute atomic E-state index is 4.07. The summed E-state index contributed by atoms with van der Waals surface area (Å²) in [5, 5.41) is 1.42. The number of aromatic nitrogens is 1.